The van der Waals surface area contributed by atoms with Crippen LogP contribution >= 0.6 is 12.6 Å². The average molecular weight is 486 g/mol. The van der Waals surface area contributed by atoms with Crippen molar-refractivity contribution in [3.05, 3.63) is 130 Å². The van der Waals surface area contributed by atoms with Gasteiger partial charge < -0.3 is 14.0 Å². The van der Waals surface area contributed by atoms with Gasteiger partial charge in [0, 0.05) is 30.8 Å². The number of carbonyl (C=O) groups is 1. The molecule has 178 valence electrons. The van der Waals surface area contributed by atoms with Gasteiger partial charge in [-0.1, -0.05) is 72.8 Å². The zero-order valence-electron chi connectivity index (χ0n) is 19.2. The Hall–Kier alpha value is -3.77. The van der Waals surface area contributed by atoms with E-state index in [1.54, 1.807) is 28.8 Å². The van der Waals surface area contributed by atoms with Crippen molar-refractivity contribution >= 4 is 17.7 Å². The summed E-state index contributed by atoms with van der Waals surface area (Å²) < 4.78 is 12.9. The molecule has 0 spiro atoms. The maximum atomic E-state index is 12.6. The van der Waals surface area contributed by atoms with Crippen LogP contribution in [0.4, 0.5) is 0 Å². The Morgan fingerprint density at radius 2 is 1.40 bits per heavy atom. The molecule has 0 aliphatic carbocycles. The van der Waals surface area contributed by atoms with Gasteiger partial charge in [0.25, 0.3) is 5.56 Å². The normalized spacial score (nSPS) is 10.8. The second kappa shape index (κ2) is 12.1. The van der Waals surface area contributed by atoms with Crippen molar-refractivity contribution in [1.82, 2.24) is 4.57 Å². The number of nitrogens with zero attached hydrogens (tertiary/aromatic N) is 1. The molecule has 0 bridgehead atoms. The van der Waals surface area contributed by atoms with Gasteiger partial charge in [-0.2, -0.15) is 0 Å². The van der Waals surface area contributed by atoms with Gasteiger partial charge in [0.15, 0.2) is 6.61 Å². The second-order valence-corrected chi connectivity index (χ2v) is 8.61. The summed E-state index contributed by atoms with van der Waals surface area (Å²) in [6.07, 6.45) is 2.61. The number of hydrogen-bond donors (Lipinski definition) is 1. The van der Waals surface area contributed by atoms with E-state index in [4.69, 9.17) is 9.47 Å². The molecule has 4 rings (SSSR count). The lowest BCUT2D eigenvalue weighted by Gasteiger charge is -2.20. The number of hydrogen-bond acceptors (Lipinski definition) is 4. The first-order valence-electron chi connectivity index (χ1n) is 11.5. The SMILES string of the molecule is O=C(S)COc1cccc(OCCCn2cc(C(c3ccccc3)c3ccccc3)ccc2=O)c1. The average Bonchev–Trinajstić information content (AvgIpc) is 2.89. The summed E-state index contributed by atoms with van der Waals surface area (Å²) in [5.41, 5.74) is 3.37. The number of rotatable bonds is 11. The van der Waals surface area contributed by atoms with Gasteiger partial charge in [-0.3, -0.25) is 9.59 Å². The molecule has 35 heavy (non-hydrogen) atoms. The van der Waals surface area contributed by atoms with Crippen LogP contribution in [0.2, 0.25) is 0 Å². The van der Waals surface area contributed by atoms with Gasteiger partial charge in [0.05, 0.1) is 6.61 Å². The molecule has 1 aromatic heterocycles. The van der Waals surface area contributed by atoms with Gasteiger partial charge >= 0.3 is 0 Å². The number of ether oxygens (including phenoxy) is 2. The summed E-state index contributed by atoms with van der Waals surface area (Å²) in [6, 6.07) is 31.3. The molecule has 0 saturated carbocycles. The molecule has 5 nitrogen and oxygen atoms in total. The fraction of sp³-hybridized carbons (Fsp3) is 0.172. The molecule has 0 unspecified atom stereocenters. The molecule has 0 amide bonds. The van der Waals surface area contributed by atoms with Gasteiger partial charge in [-0.05, 0) is 35.2 Å². The van der Waals surface area contributed by atoms with Crippen molar-refractivity contribution in [3.63, 3.8) is 0 Å². The fourth-order valence-electron chi connectivity index (χ4n) is 3.99. The predicted octanol–water partition coefficient (Wildman–Crippen LogP) is 5.33. The maximum Gasteiger partial charge on any atom is 0.250 e. The Morgan fingerprint density at radius 3 is 2.03 bits per heavy atom. The first kappa shape index (κ1) is 24.4. The van der Waals surface area contributed by atoms with Crippen LogP contribution < -0.4 is 15.0 Å². The molecule has 1 heterocycles. The third-order valence-corrected chi connectivity index (χ3v) is 5.71. The lowest BCUT2D eigenvalue weighted by atomic mass is 9.86. The highest BCUT2D eigenvalue weighted by Crippen LogP contribution is 2.31. The van der Waals surface area contributed by atoms with E-state index in [9.17, 15) is 9.59 Å². The topological polar surface area (TPSA) is 57.5 Å². The van der Waals surface area contributed by atoms with Gasteiger partial charge in [-0.25, -0.2) is 0 Å². The third kappa shape index (κ3) is 6.87. The Labute approximate surface area is 210 Å². The number of benzene rings is 3. The molecule has 0 fully saturated rings. The van der Waals surface area contributed by atoms with Gasteiger partial charge in [-0.15, -0.1) is 12.6 Å². The minimum atomic E-state index is -0.342. The van der Waals surface area contributed by atoms with Crippen molar-refractivity contribution in [3.8, 4) is 11.5 Å². The van der Waals surface area contributed by atoms with Crippen LogP contribution in [0.5, 0.6) is 11.5 Å². The molecular formula is C29H27NO4S. The van der Waals surface area contributed by atoms with Crippen LogP contribution in [0.15, 0.2) is 108 Å². The molecule has 0 aliphatic heterocycles. The number of thiol groups is 1. The van der Waals surface area contributed by atoms with Crippen LogP contribution in [0.25, 0.3) is 0 Å². The summed E-state index contributed by atoms with van der Waals surface area (Å²) in [4.78, 5) is 23.6. The number of carbonyl (C=O) groups excluding carboxylic acids is 1. The molecule has 3 aromatic carbocycles. The van der Waals surface area contributed by atoms with Gasteiger partial charge in [0.2, 0.25) is 5.12 Å². The Balaban J connectivity index is 1.44. The molecule has 0 aliphatic rings. The van der Waals surface area contributed by atoms with E-state index in [2.05, 4.69) is 36.9 Å². The van der Waals surface area contributed by atoms with Crippen molar-refractivity contribution < 1.29 is 14.3 Å². The second-order valence-electron chi connectivity index (χ2n) is 8.11. The summed E-state index contributed by atoms with van der Waals surface area (Å²) in [7, 11) is 0. The number of aromatic nitrogens is 1. The van der Waals surface area contributed by atoms with Crippen LogP contribution in [-0.4, -0.2) is 22.9 Å². The summed E-state index contributed by atoms with van der Waals surface area (Å²) >= 11 is 3.70. The Morgan fingerprint density at radius 1 is 0.771 bits per heavy atom. The zero-order chi connectivity index (χ0) is 24.5. The number of pyridine rings is 1. The van der Waals surface area contributed by atoms with Crippen molar-refractivity contribution in [1.29, 1.82) is 0 Å². The largest absolute Gasteiger partial charge is 0.493 e. The van der Waals surface area contributed by atoms with Crippen molar-refractivity contribution in [2.75, 3.05) is 13.2 Å². The molecule has 0 N–H and O–H groups in total. The first-order chi connectivity index (χ1) is 17.1. The third-order valence-electron chi connectivity index (χ3n) is 5.59. The summed E-state index contributed by atoms with van der Waals surface area (Å²) in [5.74, 6) is 1.22. The first-order valence-corrected chi connectivity index (χ1v) is 11.9. The van der Waals surface area contributed by atoms with E-state index in [0.29, 0.717) is 31.1 Å². The highest BCUT2D eigenvalue weighted by Gasteiger charge is 2.17. The minimum Gasteiger partial charge on any atom is -0.493 e. The van der Waals surface area contributed by atoms with Crippen LogP contribution in [0.1, 0.15) is 29.0 Å². The predicted molar refractivity (Wildman–Crippen MR) is 141 cm³/mol. The van der Waals surface area contributed by atoms with Gasteiger partial charge in [0.1, 0.15) is 11.5 Å². The lowest BCUT2D eigenvalue weighted by Crippen LogP contribution is -2.21. The highest BCUT2D eigenvalue weighted by atomic mass is 32.1. The molecule has 6 heteroatoms. The summed E-state index contributed by atoms with van der Waals surface area (Å²) in [6.45, 7) is 0.874. The van der Waals surface area contributed by atoms with E-state index in [1.807, 2.05) is 54.7 Å². The molecule has 4 aromatic rings. The minimum absolute atomic E-state index is 0.0346. The fourth-order valence-corrected chi connectivity index (χ4v) is 4.05. The van der Waals surface area contributed by atoms with E-state index in [0.717, 1.165) is 5.56 Å². The smallest absolute Gasteiger partial charge is 0.250 e. The number of aryl methyl sites for hydroxylation is 1. The van der Waals surface area contributed by atoms with Crippen LogP contribution in [0.3, 0.4) is 0 Å². The molecular weight excluding hydrogens is 458 g/mol. The van der Waals surface area contributed by atoms with E-state index in [1.165, 1.54) is 11.1 Å². The lowest BCUT2D eigenvalue weighted by molar-refractivity contribution is -0.112. The standard InChI is InChI=1S/C29H27NO4S/c31-27-16-15-24(29(22-9-3-1-4-10-22)23-11-5-2-6-12-23)20-30(27)17-8-18-33-25-13-7-14-26(19-25)34-21-28(32)35/h1-7,9-16,19-20,29H,8,17-18,21H2,(H,32,35). The molecule has 0 atom stereocenters. The summed E-state index contributed by atoms with van der Waals surface area (Å²) in [5, 5.41) is -0.342. The van der Waals surface area contributed by atoms with Crippen LogP contribution in [0, 0.1) is 0 Å². The van der Waals surface area contributed by atoms with E-state index in [-0.39, 0.29) is 23.2 Å². The maximum absolute atomic E-state index is 12.6. The zero-order valence-corrected chi connectivity index (χ0v) is 20.1. The molecule has 0 saturated heterocycles. The van der Waals surface area contributed by atoms with Crippen molar-refractivity contribution in [2.45, 2.75) is 18.9 Å². The quantitative estimate of drug-likeness (QED) is 0.230. The Bertz CT molecular complexity index is 1270. The van der Waals surface area contributed by atoms with Crippen LogP contribution in [-0.2, 0) is 11.3 Å². The monoisotopic (exact) mass is 485 g/mol. The Kier molecular flexibility index (Phi) is 8.41. The highest BCUT2D eigenvalue weighted by molar-refractivity contribution is 7.96. The van der Waals surface area contributed by atoms with E-state index >= 15 is 0 Å². The van der Waals surface area contributed by atoms with E-state index < -0.39 is 0 Å². The molecule has 0 radical (unpaired) electrons. The van der Waals surface area contributed by atoms with Crippen molar-refractivity contribution in [2.24, 2.45) is 0 Å².